The molecule has 1 saturated carbocycles. The summed E-state index contributed by atoms with van der Waals surface area (Å²) in [6, 6.07) is 0. The summed E-state index contributed by atoms with van der Waals surface area (Å²) in [5, 5.41) is 10.7. The fourth-order valence-corrected chi connectivity index (χ4v) is 3.89. The number of ether oxygens (including phenoxy) is 2. The van der Waals surface area contributed by atoms with Gasteiger partial charge in [-0.2, -0.15) is 0 Å². The minimum atomic E-state index is -0.324. The predicted octanol–water partition coefficient (Wildman–Crippen LogP) is 4.07. The van der Waals surface area contributed by atoms with Crippen molar-refractivity contribution in [2.24, 2.45) is 5.41 Å². The third-order valence-electron chi connectivity index (χ3n) is 5.52. The Morgan fingerprint density at radius 1 is 1.24 bits per heavy atom. The Balaban J connectivity index is 1.82. The molecule has 2 unspecified atom stereocenters. The van der Waals surface area contributed by atoms with Crippen LogP contribution in [0.25, 0.3) is 0 Å². The number of hydrogen-bond donors (Lipinski definition) is 1. The van der Waals surface area contributed by atoms with Gasteiger partial charge in [0.2, 0.25) is 0 Å². The molecule has 0 amide bonds. The highest BCUT2D eigenvalue weighted by molar-refractivity contribution is 4.95. The average Bonchev–Trinajstić information content (AvgIpc) is 2.95. The lowest BCUT2D eigenvalue weighted by Crippen LogP contribution is -2.49. The topological polar surface area (TPSA) is 38.7 Å². The molecular weight excluding hydrogens is 264 g/mol. The maximum Gasteiger partial charge on any atom is 0.0940 e. The molecule has 3 heteroatoms. The fourth-order valence-electron chi connectivity index (χ4n) is 3.89. The lowest BCUT2D eigenvalue weighted by Gasteiger charge is -2.46. The highest BCUT2D eigenvalue weighted by Crippen LogP contribution is 2.44. The van der Waals surface area contributed by atoms with Crippen LogP contribution in [0.5, 0.6) is 0 Å². The van der Waals surface area contributed by atoms with Crippen molar-refractivity contribution in [1.29, 1.82) is 0 Å². The Morgan fingerprint density at radius 3 is 2.52 bits per heavy atom. The van der Waals surface area contributed by atoms with Crippen LogP contribution < -0.4 is 0 Å². The maximum atomic E-state index is 10.7. The summed E-state index contributed by atoms with van der Waals surface area (Å²) in [5.41, 5.74) is 0.110. The van der Waals surface area contributed by atoms with Crippen molar-refractivity contribution in [3.63, 3.8) is 0 Å². The summed E-state index contributed by atoms with van der Waals surface area (Å²) in [6.07, 6.45) is 9.77. The predicted molar refractivity (Wildman–Crippen MR) is 85.4 cm³/mol. The Bertz CT molecular complexity index is 298. The Hall–Kier alpha value is -0.120. The van der Waals surface area contributed by atoms with Gasteiger partial charge in [-0.3, -0.25) is 0 Å². The SMILES string of the molecule is CCOC1(C(O)CCCC2CCCO2)CCC(C)(C)CC1. The summed E-state index contributed by atoms with van der Waals surface area (Å²) in [7, 11) is 0. The van der Waals surface area contributed by atoms with E-state index in [1.54, 1.807) is 0 Å². The van der Waals surface area contributed by atoms with Crippen molar-refractivity contribution >= 4 is 0 Å². The van der Waals surface area contributed by atoms with Gasteiger partial charge in [-0.1, -0.05) is 13.8 Å². The zero-order valence-corrected chi connectivity index (χ0v) is 14.2. The van der Waals surface area contributed by atoms with Crippen LogP contribution in [0.3, 0.4) is 0 Å². The molecule has 1 aliphatic carbocycles. The van der Waals surface area contributed by atoms with E-state index in [9.17, 15) is 5.11 Å². The first kappa shape index (κ1) is 17.2. The summed E-state index contributed by atoms with van der Waals surface area (Å²) in [6.45, 7) is 8.31. The second-order valence-corrected chi connectivity index (χ2v) is 7.74. The van der Waals surface area contributed by atoms with Crippen LogP contribution in [0.4, 0.5) is 0 Å². The van der Waals surface area contributed by atoms with Gasteiger partial charge in [0, 0.05) is 13.2 Å². The van der Waals surface area contributed by atoms with Gasteiger partial charge in [-0.05, 0) is 70.1 Å². The minimum Gasteiger partial charge on any atom is -0.390 e. The first-order valence-electron chi connectivity index (χ1n) is 8.91. The molecule has 2 aliphatic rings. The molecule has 0 radical (unpaired) electrons. The van der Waals surface area contributed by atoms with E-state index >= 15 is 0 Å². The van der Waals surface area contributed by atoms with Crippen LogP contribution in [0, 0.1) is 5.41 Å². The van der Waals surface area contributed by atoms with Crippen LogP contribution >= 0.6 is 0 Å². The van der Waals surface area contributed by atoms with Crippen LogP contribution in [-0.2, 0) is 9.47 Å². The summed E-state index contributed by atoms with van der Waals surface area (Å²) < 4.78 is 11.7. The molecule has 1 saturated heterocycles. The molecule has 0 spiro atoms. The van der Waals surface area contributed by atoms with E-state index in [1.165, 1.54) is 12.8 Å². The zero-order chi connectivity index (χ0) is 15.3. The van der Waals surface area contributed by atoms with Crippen LogP contribution in [0.1, 0.15) is 78.6 Å². The molecule has 0 bridgehead atoms. The van der Waals surface area contributed by atoms with Gasteiger partial charge < -0.3 is 14.6 Å². The van der Waals surface area contributed by atoms with Crippen LogP contribution in [-0.4, -0.2) is 36.1 Å². The smallest absolute Gasteiger partial charge is 0.0940 e. The highest BCUT2D eigenvalue weighted by Gasteiger charge is 2.43. The van der Waals surface area contributed by atoms with Crippen LogP contribution in [0.15, 0.2) is 0 Å². The van der Waals surface area contributed by atoms with Crippen molar-refractivity contribution in [2.75, 3.05) is 13.2 Å². The fraction of sp³-hybridized carbons (Fsp3) is 1.00. The van der Waals surface area contributed by atoms with Gasteiger partial charge >= 0.3 is 0 Å². The van der Waals surface area contributed by atoms with E-state index in [2.05, 4.69) is 13.8 Å². The molecule has 3 nitrogen and oxygen atoms in total. The first-order valence-corrected chi connectivity index (χ1v) is 8.91. The normalized spacial score (nSPS) is 29.4. The van der Waals surface area contributed by atoms with Crippen LogP contribution in [0.2, 0.25) is 0 Å². The van der Waals surface area contributed by atoms with Crippen molar-refractivity contribution in [3.8, 4) is 0 Å². The van der Waals surface area contributed by atoms with Gasteiger partial charge in [0.05, 0.1) is 17.8 Å². The van der Waals surface area contributed by atoms with E-state index in [-0.39, 0.29) is 11.7 Å². The third kappa shape index (κ3) is 4.67. The zero-order valence-electron chi connectivity index (χ0n) is 14.2. The molecule has 2 atom stereocenters. The second kappa shape index (κ2) is 7.43. The summed E-state index contributed by atoms with van der Waals surface area (Å²) >= 11 is 0. The Morgan fingerprint density at radius 2 is 1.95 bits per heavy atom. The largest absolute Gasteiger partial charge is 0.390 e. The van der Waals surface area contributed by atoms with Crippen molar-refractivity contribution in [2.45, 2.75) is 96.4 Å². The molecule has 0 aromatic heterocycles. The van der Waals surface area contributed by atoms with E-state index in [0.717, 1.165) is 51.6 Å². The summed E-state index contributed by atoms with van der Waals surface area (Å²) in [5.74, 6) is 0. The quantitative estimate of drug-likeness (QED) is 0.770. The monoisotopic (exact) mass is 298 g/mol. The van der Waals surface area contributed by atoms with Crippen molar-refractivity contribution in [3.05, 3.63) is 0 Å². The molecule has 1 N–H and O–H groups in total. The third-order valence-corrected chi connectivity index (χ3v) is 5.52. The van der Waals surface area contributed by atoms with Gasteiger partial charge in [0.1, 0.15) is 0 Å². The first-order chi connectivity index (χ1) is 9.97. The van der Waals surface area contributed by atoms with Crippen molar-refractivity contribution < 1.29 is 14.6 Å². The van der Waals surface area contributed by atoms with E-state index in [0.29, 0.717) is 18.1 Å². The van der Waals surface area contributed by atoms with Gasteiger partial charge in [-0.15, -0.1) is 0 Å². The number of hydrogen-bond acceptors (Lipinski definition) is 3. The molecule has 2 rings (SSSR count). The standard InChI is InChI=1S/C18H34O3/c1-4-21-18(12-10-17(2,3)11-13-18)16(19)9-5-7-15-8-6-14-20-15/h15-16,19H,4-14H2,1-3H3. The lowest BCUT2D eigenvalue weighted by atomic mass is 9.68. The Kier molecular flexibility index (Phi) is 6.10. The number of rotatable bonds is 7. The molecular formula is C18H34O3. The minimum absolute atomic E-state index is 0.291. The van der Waals surface area contributed by atoms with E-state index in [1.807, 2.05) is 6.92 Å². The number of aliphatic hydroxyl groups is 1. The Labute approximate surface area is 130 Å². The summed E-state index contributed by atoms with van der Waals surface area (Å²) in [4.78, 5) is 0. The lowest BCUT2D eigenvalue weighted by molar-refractivity contribution is -0.153. The van der Waals surface area contributed by atoms with Gasteiger partial charge in [-0.25, -0.2) is 0 Å². The molecule has 1 heterocycles. The molecule has 21 heavy (non-hydrogen) atoms. The average molecular weight is 298 g/mol. The second-order valence-electron chi connectivity index (χ2n) is 7.74. The molecule has 1 aliphatic heterocycles. The van der Waals surface area contributed by atoms with Gasteiger partial charge in [0.15, 0.2) is 0 Å². The highest BCUT2D eigenvalue weighted by atomic mass is 16.5. The molecule has 124 valence electrons. The van der Waals surface area contributed by atoms with Crippen molar-refractivity contribution in [1.82, 2.24) is 0 Å². The maximum absolute atomic E-state index is 10.7. The van der Waals surface area contributed by atoms with E-state index < -0.39 is 0 Å². The molecule has 2 fully saturated rings. The van der Waals surface area contributed by atoms with E-state index in [4.69, 9.17) is 9.47 Å². The molecule has 0 aromatic rings. The number of aliphatic hydroxyl groups excluding tert-OH is 1. The molecule has 0 aromatic carbocycles. The van der Waals surface area contributed by atoms with Gasteiger partial charge in [0.25, 0.3) is 0 Å².